The molecule has 0 aliphatic carbocycles. The maximum atomic E-state index is 11.0. The number of methoxy groups -OCH3 is 1. The van der Waals surface area contributed by atoms with Gasteiger partial charge >= 0.3 is 5.97 Å². The van der Waals surface area contributed by atoms with Crippen LogP contribution in [0.2, 0.25) is 0 Å². The van der Waals surface area contributed by atoms with Gasteiger partial charge in [-0.25, -0.2) is 4.79 Å². The summed E-state index contributed by atoms with van der Waals surface area (Å²) in [6.45, 7) is 0. The van der Waals surface area contributed by atoms with Gasteiger partial charge in [-0.1, -0.05) is 42.2 Å². The van der Waals surface area contributed by atoms with E-state index in [1.807, 2.05) is 54.6 Å². The van der Waals surface area contributed by atoms with Crippen molar-refractivity contribution < 1.29 is 9.53 Å². The van der Waals surface area contributed by atoms with E-state index in [0.717, 1.165) is 16.7 Å². The van der Waals surface area contributed by atoms with Crippen molar-refractivity contribution in [1.29, 1.82) is 0 Å². The number of rotatable bonds is 2. The zero-order valence-electron chi connectivity index (χ0n) is 11.2. The monoisotopic (exact) mass is 262 g/mol. The maximum absolute atomic E-state index is 11.0. The van der Waals surface area contributed by atoms with E-state index in [1.165, 1.54) is 13.2 Å². The van der Waals surface area contributed by atoms with Gasteiger partial charge in [0, 0.05) is 17.2 Å². The van der Waals surface area contributed by atoms with Crippen molar-refractivity contribution in [2.24, 2.45) is 0 Å². The Labute approximate surface area is 118 Å². The molecule has 2 aromatic carbocycles. The number of carbonyl (C=O) groups is 1. The minimum Gasteiger partial charge on any atom is -0.466 e. The molecule has 0 saturated heterocycles. The molecule has 2 nitrogen and oxygen atoms in total. The van der Waals surface area contributed by atoms with Crippen molar-refractivity contribution >= 4 is 12.0 Å². The normalized spacial score (nSPS) is 9.85. The zero-order chi connectivity index (χ0) is 14.2. The Morgan fingerprint density at radius 3 is 2.15 bits per heavy atom. The first-order valence-corrected chi connectivity index (χ1v) is 6.21. The van der Waals surface area contributed by atoms with Crippen molar-refractivity contribution in [3.05, 3.63) is 77.4 Å². The number of hydrogen-bond donors (Lipinski definition) is 0. The van der Waals surface area contributed by atoms with Gasteiger partial charge in [-0.2, -0.15) is 0 Å². The molecule has 2 aromatic rings. The zero-order valence-corrected chi connectivity index (χ0v) is 11.2. The SMILES string of the molecule is COC(=O)/C=C/c1ccc(C#Cc2ccccc2)cc1. The lowest BCUT2D eigenvalue weighted by atomic mass is 10.1. The highest BCUT2D eigenvalue weighted by Crippen LogP contribution is 2.06. The number of esters is 1. The van der Waals surface area contributed by atoms with E-state index in [1.54, 1.807) is 6.08 Å². The number of hydrogen-bond acceptors (Lipinski definition) is 2. The Kier molecular flexibility index (Phi) is 4.75. The molecule has 0 saturated carbocycles. The van der Waals surface area contributed by atoms with Crippen LogP contribution in [0.3, 0.4) is 0 Å². The fourth-order valence-corrected chi connectivity index (χ4v) is 1.58. The summed E-state index contributed by atoms with van der Waals surface area (Å²) in [5, 5.41) is 0. The van der Waals surface area contributed by atoms with Crippen LogP contribution in [0, 0.1) is 11.8 Å². The summed E-state index contributed by atoms with van der Waals surface area (Å²) in [5.41, 5.74) is 2.85. The van der Waals surface area contributed by atoms with Gasteiger partial charge in [-0.15, -0.1) is 0 Å². The van der Waals surface area contributed by atoms with Crippen molar-refractivity contribution in [2.45, 2.75) is 0 Å². The molecule has 0 fully saturated rings. The number of carbonyl (C=O) groups excluding carboxylic acids is 1. The Bertz CT molecular complexity index is 656. The van der Waals surface area contributed by atoms with Crippen LogP contribution < -0.4 is 0 Å². The summed E-state index contributed by atoms with van der Waals surface area (Å²) in [6, 6.07) is 17.5. The minimum absolute atomic E-state index is 0.363. The van der Waals surface area contributed by atoms with E-state index in [9.17, 15) is 4.79 Å². The molecule has 0 atom stereocenters. The van der Waals surface area contributed by atoms with Gasteiger partial charge in [0.15, 0.2) is 0 Å². The third-order valence-electron chi connectivity index (χ3n) is 2.65. The lowest BCUT2D eigenvalue weighted by Crippen LogP contribution is -1.93. The van der Waals surface area contributed by atoms with Gasteiger partial charge < -0.3 is 4.74 Å². The molecule has 0 radical (unpaired) electrons. The Hall–Kier alpha value is -2.79. The van der Waals surface area contributed by atoms with E-state index in [-0.39, 0.29) is 5.97 Å². The van der Waals surface area contributed by atoms with E-state index in [0.29, 0.717) is 0 Å². The van der Waals surface area contributed by atoms with Crippen LogP contribution >= 0.6 is 0 Å². The second-order valence-electron chi connectivity index (χ2n) is 4.09. The fourth-order valence-electron chi connectivity index (χ4n) is 1.58. The first-order valence-electron chi connectivity index (χ1n) is 6.21. The van der Waals surface area contributed by atoms with Crippen LogP contribution in [0.1, 0.15) is 16.7 Å². The molecule has 20 heavy (non-hydrogen) atoms. The Morgan fingerprint density at radius 1 is 0.950 bits per heavy atom. The fraction of sp³-hybridized carbons (Fsp3) is 0.0556. The molecule has 0 unspecified atom stereocenters. The smallest absolute Gasteiger partial charge is 0.330 e. The summed E-state index contributed by atoms with van der Waals surface area (Å²) in [4.78, 5) is 11.0. The average Bonchev–Trinajstić information content (AvgIpc) is 2.52. The van der Waals surface area contributed by atoms with E-state index in [2.05, 4.69) is 16.6 Å². The van der Waals surface area contributed by atoms with Crippen LogP contribution in [-0.4, -0.2) is 13.1 Å². The lowest BCUT2D eigenvalue weighted by Gasteiger charge is -1.94. The first-order chi connectivity index (χ1) is 9.78. The molecule has 0 spiro atoms. The third-order valence-corrected chi connectivity index (χ3v) is 2.65. The quantitative estimate of drug-likeness (QED) is 0.471. The number of benzene rings is 2. The van der Waals surface area contributed by atoms with Gasteiger partial charge in [0.2, 0.25) is 0 Å². The Balaban J connectivity index is 2.08. The predicted molar refractivity (Wildman–Crippen MR) is 79.9 cm³/mol. The average molecular weight is 262 g/mol. The van der Waals surface area contributed by atoms with Crippen LogP contribution in [0.4, 0.5) is 0 Å². The summed E-state index contributed by atoms with van der Waals surface area (Å²) in [6.07, 6.45) is 3.10. The second-order valence-corrected chi connectivity index (χ2v) is 4.09. The first kappa shape index (κ1) is 13.6. The Morgan fingerprint density at radius 2 is 1.55 bits per heavy atom. The molecule has 0 aliphatic heterocycles. The number of ether oxygens (including phenoxy) is 1. The minimum atomic E-state index is -0.363. The molecule has 0 amide bonds. The molecular weight excluding hydrogens is 248 g/mol. The molecule has 2 heteroatoms. The molecule has 0 heterocycles. The summed E-state index contributed by atoms with van der Waals surface area (Å²) in [7, 11) is 1.36. The highest BCUT2D eigenvalue weighted by Gasteiger charge is 1.92. The molecule has 0 aliphatic rings. The molecule has 0 bridgehead atoms. The van der Waals surface area contributed by atoms with Crippen LogP contribution in [0.15, 0.2) is 60.7 Å². The van der Waals surface area contributed by atoms with E-state index in [4.69, 9.17) is 0 Å². The highest BCUT2D eigenvalue weighted by atomic mass is 16.5. The van der Waals surface area contributed by atoms with Crippen molar-refractivity contribution in [3.63, 3.8) is 0 Å². The lowest BCUT2D eigenvalue weighted by molar-refractivity contribution is -0.134. The van der Waals surface area contributed by atoms with Crippen LogP contribution in [-0.2, 0) is 9.53 Å². The van der Waals surface area contributed by atoms with Gasteiger partial charge in [-0.3, -0.25) is 0 Å². The molecule has 2 rings (SSSR count). The van der Waals surface area contributed by atoms with Gasteiger partial charge in [0.25, 0.3) is 0 Å². The maximum Gasteiger partial charge on any atom is 0.330 e. The molecular formula is C18H14O2. The van der Waals surface area contributed by atoms with Gasteiger partial charge in [0.1, 0.15) is 0 Å². The highest BCUT2D eigenvalue weighted by molar-refractivity contribution is 5.86. The predicted octanol–water partition coefficient (Wildman–Crippen LogP) is 3.27. The topological polar surface area (TPSA) is 26.3 Å². The molecule has 98 valence electrons. The standard InChI is InChI=1S/C18H14O2/c1-20-18(19)14-13-17-11-9-16(10-12-17)8-7-15-5-3-2-4-6-15/h2-6,9-14H,1H3/b14-13+. The summed E-state index contributed by atoms with van der Waals surface area (Å²) >= 11 is 0. The van der Waals surface area contributed by atoms with Gasteiger partial charge in [0.05, 0.1) is 7.11 Å². The second kappa shape index (κ2) is 6.96. The van der Waals surface area contributed by atoms with Crippen LogP contribution in [0.5, 0.6) is 0 Å². The summed E-state index contributed by atoms with van der Waals surface area (Å²) < 4.78 is 4.54. The van der Waals surface area contributed by atoms with E-state index < -0.39 is 0 Å². The van der Waals surface area contributed by atoms with Gasteiger partial charge in [-0.05, 0) is 35.9 Å². The molecule has 0 N–H and O–H groups in total. The largest absolute Gasteiger partial charge is 0.466 e. The summed E-state index contributed by atoms with van der Waals surface area (Å²) in [5.74, 6) is 5.83. The van der Waals surface area contributed by atoms with Crippen molar-refractivity contribution in [3.8, 4) is 11.8 Å². The van der Waals surface area contributed by atoms with Crippen molar-refractivity contribution in [1.82, 2.24) is 0 Å². The molecule has 0 aromatic heterocycles. The van der Waals surface area contributed by atoms with E-state index >= 15 is 0 Å². The van der Waals surface area contributed by atoms with Crippen LogP contribution in [0.25, 0.3) is 6.08 Å². The third kappa shape index (κ3) is 4.15. The van der Waals surface area contributed by atoms with Crippen molar-refractivity contribution in [2.75, 3.05) is 7.11 Å².